The van der Waals surface area contributed by atoms with Crippen LogP contribution in [0.1, 0.15) is 42.5 Å². The molecular weight excluding hydrogens is 294 g/mol. The van der Waals surface area contributed by atoms with Crippen LogP contribution in [0.15, 0.2) is 29.8 Å². The molecule has 0 radical (unpaired) electrons. The molecule has 5 heteroatoms. The van der Waals surface area contributed by atoms with E-state index in [0.717, 1.165) is 22.3 Å². The molecule has 0 aromatic heterocycles. The summed E-state index contributed by atoms with van der Waals surface area (Å²) in [6.07, 6.45) is 1.68. The number of hydrogen-bond donors (Lipinski definition) is 1. The highest BCUT2D eigenvalue weighted by molar-refractivity contribution is 5.83. The molecule has 1 N–H and O–H groups in total. The molecule has 1 fully saturated rings. The molecule has 0 saturated carbocycles. The minimum atomic E-state index is -0.923. The molecule has 1 aromatic rings. The number of benzene rings is 1. The van der Waals surface area contributed by atoms with Gasteiger partial charge in [0, 0.05) is 12.6 Å². The van der Waals surface area contributed by atoms with Crippen LogP contribution in [-0.2, 0) is 9.53 Å². The Hall–Kier alpha value is -2.30. The van der Waals surface area contributed by atoms with Gasteiger partial charge in [-0.3, -0.25) is 0 Å². The van der Waals surface area contributed by atoms with Crippen molar-refractivity contribution in [3.05, 3.63) is 46.5 Å². The number of piperidine rings is 1. The highest BCUT2D eigenvalue weighted by atomic mass is 16.5. The summed E-state index contributed by atoms with van der Waals surface area (Å²) in [5.74, 6) is -0.355. The third-order valence-electron chi connectivity index (χ3n) is 4.24. The van der Waals surface area contributed by atoms with Crippen molar-refractivity contribution < 1.29 is 19.4 Å². The summed E-state index contributed by atoms with van der Waals surface area (Å²) < 4.78 is 4.96. The quantitative estimate of drug-likeness (QED) is 0.683. The van der Waals surface area contributed by atoms with E-state index in [0.29, 0.717) is 26.0 Å². The Morgan fingerprint density at radius 3 is 2.57 bits per heavy atom. The molecule has 1 aliphatic heterocycles. The fraction of sp³-hybridized carbons (Fsp3) is 0.444. The molecule has 1 atom stereocenters. The molecule has 2 rings (SSSR count). The lowest BCUT2D eigenvalue weighted by atomic mass is 9.87. The molecule has 1 aromatic carbocycles. The maximum atomic E-state index is 11.7. The number of esters is 1. The zero-order valence-corrected chi connectivity index (χ0v) is 13.8. The van der Waals surface area contributed by atoms with Crippen LogP contribution < -0.4 is 0 Å². The highest BCUT2D eigenvalue weighted by Crippen LogP contribution is 2.37. The average Bonchev–Trinajstić information content (AvgIpc) is 2.47. The fourth-order valence-electron chi connectivity index (χ4n) is 3.20. The van der Waals surface area contributed by atoms with E-state index in [9.17, 15) is 14.7 Å². The zero-order valence-electron chi connectivity index (χ0n) is 13.8. The Morgan fingerprint density at radius 2 is 2.00 bits per heavy atom. The molecule has 124 valence electrons. The topological polar surface area (TPSA) is 66.8 Å². The van der Waals surface area contributed by atoms with E-state index >= 15 is 0 Å². The molecule has 1 amide bonds. The maximum Gasteiger partial charge on any atom is 0.407 e. The minimum absolute atomic E-state index is 0.261. The number of likely N-dealkylation sites (tertiary alicyclic amines) is 1. The first-order valence-corrected chi connectivity index (χ1v) is 7.86. The molecule has 0 aliphatic carbocycles. The molecular formula is C18H23NO4. The van der Waals surface area contributed by atoms with Gasteiger partial charge in [-0.25, -0.2) is 9.59 Å². The van der Waals surface area contributed by atoms with Crippen molar-refractivity contribution in [2.45, 2.75) is 39.7 Å². The van der Waals surface area contributed by atoms with Gasteiger partial charge in [0.05, 0.1) is 12.6 Å². The van der Waals surface area contributed by atoms with E-state index in [1.807, 2.05) is 32.0 Å². The van der Waals surface area contributed by atoms with Crippen molar-refractivity contribution in [1.82, 2.24) is 4.90 Å². The number of nitrogens with zero attached hydrogens (tertiary/aromatic N) is 1. The van der Waals surface area contributed by atoms with Crippen LogP contribution in [0.5, 0.6) is 0 Å². The Morgan fingerprint density at radius 1 is 1.35 bits per heavy atom. The monoisotopic (exact) mass is 317 g/mol. The third-order valence-corrected chi connectivity index (χ3v) is 4.24. The summed E-state index contributed by atoms with van der Waals surface area (Å²) in [5.41, 5.74) is 4.11. The lowest BCUT2D eigenvalue weighted by Gasteiger charge is -2.36. The van der Waals surface area contributed by atoms with Gasteiger partial charge in [0.1, 0.15) is 0 Å². The lowest BCUT2D eigenvalue weighted by molar-refractivity contribution is -0.137. The fourth-order valence-corrected chi connectivity index (χ4v) is 3.20. The molecule has 23 heavy (non-hydrogen) atoms. The van der Waals surface area contributed by atoms with Gasteiger partial charge in [0.25, 0.3) is 0 Å². The van der Waals surface area contributed by atoms with Gasteiger partial charge >= 0.3 is 12.1 Å². The normalized spacial score (nSPS) is 19.7. The predicted molar refractivity (Wildman–Crippen MR) is 87.3 cm³/mol. The first-order chi connectivity index (χ1) is 10.9. The number of carboxylic acid groups (broad SMARTS) is 1. The molecule has 0 bridgehead atoms. The van der Waals surface area contributed by atoms with Gasteiger partial charge in [-0.15, -0.1) is 0 Å². The van der Waals surface area contributed by atoms with E-state index in [-0.39, 0.29) is 12.0 Å². The second-order valence-corrected chi connectivity index (χ2v) is 5.81. The summed E-state index contributed by atoms with van der Waals surface area (Å²) in [4.78, 5) is 24.8. The SMILES string of the molecule is CCOC(=O)C=C1CCN(C(=O)O)[C@H](c2c(C)cccc2C)C1. The van der Waals surface area contributed by atoms with Crippen molar-refractivity contribution in [2.24, 2.45) is 0 Å². The van der Waals surface area contributed by atoms with E-state index in [1.54, 1.807) is 6.92 Å². The second kappa shape index (κ2) is 7.31. The van der Waals surface area contributed by atoms with Crippen LogP contribution in [0.3, 0.4) is 0 Å². The average molecular weight is 317 g/mol. The van der Waals surface area contributed by atoms with Crippen LogP contribution in [0.2, 0.25) is 0 Å². The van der Waals surface area contributed by atoms with E-state index in [1.165, 1.54) is 11.0 Å². The van der Waals surface area contributed by atoms with Gasteiger partial charge in [0.2, 0.25) is 0 Å². The van der Waals surface area contributed by atoms with E-state index in [2.05, 4.69) is 0 Å². The number of aryl methyl sites for hydroxylation is 2. The number of ether oxygens (including phenoxy) is 1. The second-order valence-electron chi connectivity index (χ2n) is 5.81. The van der Waals surface area contributed by atoms with Gasteiger partial charge in [0.15, 0.2) is 0 Å². The van der Waals surface area contributed by atoms with Crippen molar-refractivity contribution in [2.75, 3.05) is 13.2 Å². The summed E-state index contributed by atoms with van der Waals surface area (Å²) in [7, 11) is 0. The molecule has 1 heterocycles. The summed E-state index contributed by atoms with van der Waals surface area (Å²) in [5, 5.41) is 9.52. The van der Waals surface area contributed by atoms with E-state index < -0.39 is 6.09 Å². The highest BCUT2D eigenvalue weighted by Gasteiger charge is 2.31. The lowest BCUT2D eigenvalue weighted by Crippen LogP contribution is -2.39. The Labute approximate surface area is 136 Å². The van der Waals surface area contributed by atoms with Crippen LogP contribution in [0.25, 0.3) is 0 Å². The third kappa shape index (κ3) is 3.92. The standard InChI is InChI=1S/C18H23NO4/c1-4-23-16(20)11-14-8-9-19(18(21)22)15(10-14)17-12(2)6-5-7-13(17)3/h5-7,11,15H,4,8-10H2,1-3H3,(H,21,22)/t15-/m0/s1. The summed E-state index contributed by atoms with van der Waals surface area (Å²) in [6.45, 7) is 6.48. The van der Waals surface area contributed by atoms with Crippen LogP contribution in [0, 0.1) is 13.8 Å². The Kier molecular flexibility index (Phi) is 5.42. The molecule has 1 saturated heterocycles. The molecule has 5 nitrogen and oxygen atoms in total. The van der Waals surface area contributed by atoms with Crippen LogP contribution in [0.4, 0.5) is 4.79 Å². The first-order valence-electron chi connectivity index (χ1n) is 7.86. The van der Waals surface area contributed by atoms with Crippen molar-refractivity contribution >= 4 is 12.1 Å². The number of amides is 1. The maximum absolute atomic E-state index is 11.7. The number of carbonyl (C=O) groups excluding carboxylic acids is 1. The van der Waals surface area contributed by atoms with Crippen molar-refractivity contribution in [1.29, 1.82) is 0 Å². The largest absolute Gasteiger partial charge is 0.465 e. The summed E-state index contributed by atoms with van der Waals surface area (Å²) in [6, 6.07) is 5.69. The smallest absolute Gasteiger partial charge is 0.407 e. The Balaban J connectivity index is 2.35. The van der Waals surface area contributed by atoms with Gasteiger partial charge in [-0.2, -0.15) is 0 Å². The zero-order chi connectivity index (χ0) is 17.0. The summed E-state index contributed by atoms with van der Waals surface area (Å²) >= 11 is 0. The van der Waals surface area contributed by atoms with Gasteiger partial charge < -0.3 is 14.7 Å². The number of carbonyl (C=O) groups is 2. The number of hydrogen-bond acceptors (Lipinski definition) is 3. The van der Waals surface area contributed by atoms with E-state index in [4.69, 9.17) is 4.74 Å². The van der Waals surface area contributed by atoms with Crippen LogP contribution in [-0.4, -0.2) is 35.2 Å². The van der Waals surface area contributed by atoms with Crippen molar-refractivity contribution in [3.8, 4) is 0 Å². The van der Waals surface area contributed by atoms with Crippen molar-refractivity contribution in [3.63, 3.8) is 0 Å². The molecule has 0 spiro atoms. The van der Waals surface area contributed by atoms with Gasteiger partial charge in [-0.1, -0.05) is 23.8 Å². The predicted octanol–water partition coefficient (Wildman–Crippen LogP) is 3.61. The minimum Gasteiger partial charge on any atom is -0.465 e. The van der Waals surface area contributed by atoms with Crippen LogP contribution >= 0.6 is 0 Å². The molecule has 0 unspecified atom stereocenters. The van der Waals surface area contributed by atoms with Gasteiger partial charge in [-0.05, 0) is 50.3 Å². The molecule has 1 aliphatic rings. The Bertz CT molecular complexity index is 616. The number of rotatable bonds is 3. The first kappa shape index (κ1) is 17.1.